The Morgan fingerprint density at radius 3 is 2.64 bits per heavy atom. The van der Waals surface area contributed by atoms with Gasteiger partial charge in [-0.2, -0.15) is 0 Å². The van der Waals surface area contributed by atoms with Gasteiger partial charge in [-0.1, -0.05) is 13.0 Å². The Morgan fingerprint density at radius 2 is 2.14 bits per heavy atom. The molecule has 0 saturated heterocycles. The van der Waals surface area contributed by atoms with E-state index in [1.165, 1.54) is 18.2 Å². The average Bonchev–Trinajstić information content (AvgIpc) is 2.20. The monoisotopic (exact) mass is 198 g/mol. The molecule has 1 rings (SSSR count). The van der Waals surface area contributed by atoms with Crippen molar-refractivity contribution in [2.45, 2.75) is 25.5 Å². The van der Waals surface area contributed by atoms with Crippen molar-refractivity contribution in [1.82, 2.24) is 0 Å². The molecular formula is C10H15FN2O. The first-order chi connectivity index (χ1) is 6.56. The van der Waals surface area contributed by atoms with Crippen molar-refractivity contribution in [1.29, 1.82) is 0 Å². The molecule has 0 aromatic heterocycles. The van der Waals surface area contributed by atoms with Crippen LogP contribution in [0.15, 0.2) is 18.2 Å². The number of nitrogens with two attached hydrogens (primary N) is 2. The first-order valence-electron chi connectivity index (χ1n) is 4.54. The third kappa shape index (κ3) is 2.21. The number of halogens is 1. The first kappa shape index (κ1) is 10.9. The maximum Gasteiger partial charge on any atom is 0.146 e. The number of nitrogen functional groups attached to an aromatic ring is 1. The van der Waals surface area contributed by atoms with Crippen LogP contribution in [0.5, 0.6) is 0 Å². The summed E-state index contributed by atoms with van der Waals surface area (Å²) in [5.74, 6) is -0.481. The number of hydrogen-bond acceptors (Lipinski definition) is 3. The standard InChI is InChI=1S/C10H15FN2O/c1-2-8(12)10(14)6-3-4-7(11)9(13)5-6/h3-5,8,10,14H,2,12-13H2,1H3/t8-,10+/m0/s1. The van der Waals surface area contributed by atoms with E-state index >= 15 is 0 Å². The van der Waals surface area contributed by atoms with Crippen molar-refractivity contribution in [2.24, 2.45) is 5.73 Å². The maximum atomic E-state index is 12.8. The minimum absolute atomic E-state index is 0.0323. The maximum absolute atomic E-state index is 12.8. The van der Waals surface area contributed by atoms with Gasteiger partial charge < -0.3 is 16.6 Å². The molecule has 0 fully saturated rings. The van der Waals surface area contributed by atoms with Crippen molar-refractivity contribution in [3.05, 3.63) is 29.6 Å². The number of anilines is 1. The summed E-state index contributed by atoms with van der Waals surface area (Å²) in [6.07, 6.45) is -0.138. The van der Waals surface area contributed by atoms with E-state index in [1.54, 1.807) is 0 Å². The highest BCUT2D eigenvalue weighted by molar-refractivity contribution is 5.43. The second kappa shape index (κ2) is 4.39. The fourth-order valence-corrected chi connectivity index (χ4v) is 1.22. The lowest BCUT2D eigenvalue weighted by Crippen LogP contribution is -2.27. The second-order valence-electron chi connectivity index (χ2n) is 3.30. The van der Waals surface area contributed by atoms with Gasteiger partial charge in [-0.15, -0.1) is 0 Å². The Labute approximate surface area is 82.5 Å². The molecule has 1 aromatic carbocycles. The van der Waals surface area contributed by atoms with E-state index in [0.29, 0.717) is 12.0 Å². The highest BCUT2D eigenvalue weighted by Gasteiger charge is 2.15. The summed E-state index contributed by atoms with van der Waals surface area (Å²) < 4.78 is 12.8. The molecule has 0 radical (unpaired) electrons. The summed E-state index contributed by atoms with van der Waals surface area (Å²) in [6, 6.07) is 3.79. The third-order valence-electron chi connectivity index (χ3n) is 2.24. The molecule has 0 unspecified atom stereocenters. The molecule has 0 bridgehead atoms. The predicted molar refractivity (Wildman–Crippen MR) is 54.0 cm³/mol. The molecule has 0 spiro atoms. The third-order valence-corrected chi connectivity index (χ3v) is 2.24. The van der Waals surface area contributed by atoms with Crippen LogP contribution in [-0.4, -0.2) is 11.1 Å². The molecule has 2 atom stereocenters. The Kier molecular flexibility index (Phi) is 3.43. The Balaban J connectivity index is 2.91. The summed E-state index contributed by atoms with van der Waals surface area (Å²) in [5, 5.41) is 9.70. The van der Waals surface area contributed by atoms with Crippen LogP contribution in [-0.2, 0) is 0 Å². The highest BCUT2D eigenvalue weighted by atomic mass is 19.1. The molecule has 78 valence electrons. The topological polar surface area (TPSA) is 72.3 Å². The van der Waals surface area contributed by atoms with Gasteiger partial charge in [0.15, 0.2) is 0 Å². The van der Waals surface area contributed by atoms with Crippen LogP contribution >= 0.6 is 0 Å². The van der Waals surface area contributed by atoms with Crippen LogP contribution in [0.2, 0.25) is 0 Å². The van der Waals surface area contributed by atoms with Crippen molar-refractivity contribution in [2.75, 3.05) is 5.73 Å². The zero-order valence-electron chi connectivity index (χ0n) is 8.07. The Bertz CT molecular complexity index is 317. The molecule has 0 aliphatic carbocycles. The van der Waals surface area contributed by atoms with Crippen LogP contribution in [0.25, 0.3) is 0 Å². The van der Waals surface area contributed by atoms with Gasteiger partial charge in [-0.3, -0.25) is 0 Å². The van der Waals surface area contributed by atoms with E-state index in [1.807, 2.05) is 6.92 Å². The van der Waals surface area contributed by atoms with Gasteiger partial charge in [0.2, 0.25) is 0 Å². The molecule has 4 heteroatoms. The van der Waals surface area contributed by atoms with Crippen molar-refractivity contribution in [3.8, 4) is 0 Å². The minimum Gasteiger partial charge on any atom is -0.396 e. The van der Waals surface area contributed by atoms with Crippen LogP contribution in [0.3, 0.4) is 0 Å². The fraction of sp³-hybridized carbons (Fsp3) is 0.400. The van der Waals surface area contributed by atoms with Gasteiger partial charge in [-0.25, -0.2) is 4.39 Å². The van der Waals surface area contributed by atoms with Gasteiger partial charge in [0.1, 0.15) is 5.82 Å². The summed E-state index contributed by atoms with van der Waals surface area (Å²) in [6.45, 7) is 1.88. The summed E-state index contributed by atoms with van der Waals surface area (Å²) in [4.78, 5) is 0. The number of hydrogen-bond donors (Lipinski definition) is 3. The lowest BCUT2D eigenvalue weighted by molar-refractivity contribution is 0.144. The zero-order valence-corrected chi connectivity index (χ0v) is 8.07. The van der Waals surface area contributed by atoms with Crippen molar-refractivity contribution in [3.63, 3.8) is 0 Å². The molecule has 14 heavy (non-hydrogen) atoms. The van der Waals surface area contributed by atoms with Crippen LogP contribution < -0.4 is 11.5 Å². The first-order valence-corrected chi connectivity index (χ1v) is 4.54. The number of rotatable bonds is 3. The fourth-order valence-electron chi connectivity index (χ4n) is 1.22. The van der Waals surface area contributed by atoms with Crippen molar-refractivity contribution >= 4 is 5.69 Å². The zero-order chi connectivity index (χ0) is 10.7. The number of aliphatic hydroxyl groups is 1. The van der Waals surface area contributed by atoms with Gasteiger partial charge >= 0.3 is 0 Å². The van der Waals surface area contributed by atoms with E-state index in [-0.39, 0.29) is 11.7 Å². The second-order valence-corrected chi connectivity index (χ2v) is 3.30. The number of aliphatic hydroxyl groups excluding tert-OH is 1. The molecule has 0 saturated carbocycles. The molecule has 0 heterocycles. The Hall–Kier alpha value is -1.13. The van der Waals surface area contributed by atoms with E-state index < -0.39 is 11.9 Å². The van der Waals surface area contributed by atoms with Crippen LogP contribution in [0, 0.1) is 5.82 Å². The molecule has 5 N–H and O–H groups in total. The molecule has 0 amide bonds. The van der Waals surface area contributed by atoms with Gasteiger partial charge in [0.05, 0.1) is 11.8 Å². The SMILES string of the molecule is CC[C@H](N)[C@H](O)c1ccc(F)c(N)c1. The molecule has 0 aliphatic rings. The van der Waals surface area contributed by atoms with Crippen LogP contribution in [0.1, 0.15) is 25.0 Å². The largest absolute Gasteiger partial charge is 0.396 e. The van der Waals surface area contributed by atoms with Crippen LogP contribution in [0.4, 0.5) is 10.1 Å². The smallest absolute Gasteiger partial charge is 0.146 e. The molecule has 3 nitrogen and oxygen atoms in total. The van der Waals surface area contributed by atoms with E-state index in [0.717, 1.165) is 0 Å². The summed E-state index contributed by atoms with van der Waals surface area (Å²) in [7, 11) is 0. The quantitative estimate of drug-likeness (QED) is 0.638. The minimum atomic E-state index is -0.789. The van der Waals surface area contributed by atoms with E-state index in [9.17, 15) is 9.50 Å². The van der Waals surface area contributed by atoms with Gasteiger partial charge in [0, 0.05) is 6.04 Å². The van der Waals surface area contributed by atoms with E-state index in [2.05, 4.69) is 0 Å². The van der Waals surface area contributed by atoms with Gasteiger partial charge in [0.25, 0.3) is 0 Å². The average molecular weight is 198 g/mol. The predicted octanol–water partition coefficient (Wildman–Crippen LogP) is 1.18. The highest BCUT2D eigenvalue weighted by Crippen LogP contribution is 2.21. The normalized spacial score (nSPS) is 15.1. The molecule has 0 aliphatic heterocycles. The van der Waals surface area contributed by atoms with Crippen molar-refractivity contribution < 1.29 is 9.50 Å². The molecular weight excluding hydrogens is 183 g/mol. The number of benzene rings is 1. The molecule has 1 aromatic rings. The Morgan fingerprint density at radius 1 is 1.50 bits per heavy atom. The summed E-state index contributed by atoms with van der Waals surface area (Å²) in [5.41, 5.74) is 11.6. The van der Waals surface area contributed by atoms with E-state index in [4.69, 9.17) is 11.5 Å². The summed E-state index contributed by atoms with van der Waals surface area (Å²) >= 11 is 0. The lowest BCUT2D eigenvalue weighted by atomic mass is 10.0. The lowest BCUT2D eigenvalue weighted by Gasteiger charge is -2.17. The van der Waals surface area contributed by atoms with Gasteiger partial charge in [-0.05, 0) is 24.1 Å².